The fourth-order valence-electron chi connectivity index (χ4n) is 3.92. The second-order valence-electron chi connectivity index (χ2n) is 8.10. The van der Waals surface area contributed by atoms with Gasteiger partial charge in [0.2, 0.25) is 0 Å². The van der Waals surface area contributed by atoms with E-state index in [9.17, 15) is 14.0 Å². The number of aromatic amines is 1. The molecule has 2 N–H and O–H groups in total. The van der Waals surface area contributed by atoms with Gasteiger partial charge in [0.15, 0.2) is 11.4 Å². The molecule has 160 valence electrons. The third-order valence-corrected chi connectivity index (χ3v) is 5.90. The van der Waals surface area contributed by atoms with Crippen molar-refractivity contribution in [2.24, 2.45) is 0 Å². The Labute approximate surface area is 177 Å². The number of likely N-dealkylation sites (tertiary alicyclic amines) is 1. The predicted molar refractivity (Wildman–Crippen MR) is 109 cm³/mol. The van der Waals surface area contributed by atoms with Crippen LogP contribution in [-0.2, 0) is 0 Å². The van der Waals surface area contributed by atoms with Gasteiger partial charge in [0.25, 0.3) is 11.8 Å². The summed E-state index contributed by atoms with van der Waals surface area (Å²) in [6.07, 6.45) is 3.68. The van der Waals surface area contributed by atoms with E-state index in [1.807, 2.05) is 0 Å². The monoisotopic (exact) mass is 423 g/mol. The number of para-hydroxylation sites is 1. The van der Waals surface area contributed by atoms with Crippen LogP contribution in [-0.4, -0.2) is 45.2 Å². The number of piperidine rings is 1. The maximum absolute atomic E-state index is 13.7. The van der Waals surface area contributed by atoms with Gasteiger partial charge in [-0.2, -0.15) is 5.10 Å². The van der Waals surface area contributed by atoms with Crippen molar-refractivity contribution in [3.05, 3.63) is 65.1 Å². The molecule has 1 saturated heterocycles. The molecule has 1 aliphatic heterocycles. The quantitative estimate of drug-likeness (QED) is 0.651. The molecule has 0 bridgehead atoms. The van der Waals surface area contributed by atoms with E-state index in [0.29, 0.717) is 24.7 Å². The Morgan fingerprint density at radius 1 is 1.06 bits per heavy atom. The molecule has 2 aromatic heterocycles. The molecule has 1 aromatic carbocycles. The van der Waals surface area contributed by atoms with Gasteiger partial charge in [-0.25, -0.2) is 4.39 Å². The lowest BCUT2D eigenvalue weighted by molar-refractivity contribution is 0.0701. The molecule has 0 atom stereocenters. The minimum atomic E-state index is -0.500. The molecule has 2 amide bonds. The van der Waals surface area contributed by atoms with Crippen LogP contribution in [0.2, 0.25) is 0 Å². The van der Waals surface area contributed by atoms with E-state index in [1.165, 1.54) is 12.1 Å². The Morgan fingerprint density at radius 3 is 2.58 bits per heavy atom. The maximum atomic E-state index is 13.7. The molecule has 3 aromatic rings. The summed E-state index contributed by atoms with van der Waals surface area (Å²) in [5.41, 5.74) is 1.52. The summed E-state index contributed by atoms with van der Waals surface area (Å²) >= 11 is 0. The van der Waals surface area contributed by atoms with E-state index in [4.69, 9.17) is 4.52 Å². The van der Waals surface area contributed by atoms with Gasteiger partial charge < -0.3 is 14.7 Å². The second kappa shape index (κ2) is 7.98. The average molecular weight is 423 g/mol. The van der Waals surface area contributed by atoms with E-state index in [0.717, 1.165) is 37.1 Å². The first-order chi connectivity index (χ1) is 15.1. The Kier molecular flexibility index (Phi) is 5.01. The highest BCUT2D eigenvalue weighted by Gasteiger charge is 2.31. The zero-order chi connectivity index (χ0) is 21.4. The smallest absolute Gasteiger partial charge is 0.276 e. The molecular formula is C22H22FN5O3. The number of amides is 2. The van der Waals surface area contributed by atoms with Gasteiger partial charge >= 0.3 is 0 Å². The number of carbonyl (C=O) groups excluding carboxylic acids is 2. The highest BCUT2D eigenvalue weighted by Crippen LogP contribution is 2.40. The highest BCUT2D eigenvalue weighted by atomic mass is 19.1. The summed E-state index contributed by atoms with van der Waals surface area (Å²) < 4.78 is 19.0. The number of nitrogens with one attached hydrogen (secondary N) is 2. The van der Waals surface area contributed by atoms with Crippen molar-refractivity contribution >= 4 is 17.5 Å². The van der Waals surface area contributed by atoms with Crippen LogP contribution >= 0.6 is 0 Å². The lowest BCUT2D eigenvalue weighted by atomic mass is 9.93. The van der Waals surface area contributed by atoms with Crippen molar-refractivity contribution in [2.45, 2.75) is 37.5 Å². The van der Waals surface area contributed by atoms with Crippen LogP contribution in [0.5, 0.6) is 0 Å². The van der Waals surface area contributed by atoms with Crippen LogP contribution < -0.4 is 5.32 Å². The van der Waals surface area contributed by atoms with E-state index in [1.54, 1.807) is 29.2 Å². The minimum absolute atomic E-state index is 0.108. The molecule has 8 nitrogen and oxygen atoms in total. The third-order valence-electron chi connectivity index (χ3n) is 5.90. The number of benzene rings is 1. The summed E-state index contributed by atoms with van der Waals surface area (Å²) in [5, 5.41) is 13.5. The number of aromatic nitrogens is 3. The average Bonchev–Trinajstić information content (AvgIpc) is 3.31. The molecule has 2 aliphatic rings. The largest absolute Gasteiger partial charge is 0.360 e. The van der Waals surface area contributed by atoms with Gasteiger partial charge in [0, 0.05) is 36.7 Å². The van der Waals surface area contributed by atoms with E-state index in [2.05, 4.69) is 20.7 Å². The molecule has 1 saturated carbocycles. The molecule has 2 fully saturated rings. The first-order valence-corrected chi connectivity index (χ1v) is 10.5. The maximum Gasteiger partial charge on any atom is 0.276 e. The van der Waals surface area contributed by atoms with Gasteiger partial charge in [-0.15, -0.1) is 0 Å². The standard InChI is InChI=1S/C22H22FN5O3/c23-15-3-1-2-4-16(15)24-21(29)18-11-17(25-26-18)13-7-9-28(10-8-13)22(30)19-12-20(31-27-19)14-5-6-14/h1-4,11-14H,5-10H2,(H,24,29)(H,25,26). The van der Waals surface area contributed by atoms with Crippen LogP contribution in [0.4, 0.5) is 10.1 Å². The van der Waals surface area contributed by atoms with Crippen LogP contribution in [0.3, 0.4) is 0 Å². The highest BCUT2D eigenvalue weighted by molar-refractivity contribution is 6.03. The molecule has 1 aliphatic carbocycles. The number of carbonyl (C=O) groups is 2. The molecule has 0 spiro atoms. The number of hydrogen-bond acceptors (Lipinski definition) is 5. The van der Waals surface area contributed by atoms with E-state index in [-0.39, 0.29) is 23.2 Å². The third kappa shape index (κ3) is 4.08. The van der Waals surface area contributed by atoms with Crippen molar-refractivity contribution in [3.8, 4) is 0 Å². The summed E-state index contributed by atoms with van der Waals surface area (Å²) in [7, 11) is 0. The number of anilines is 1. The molecule has 0 radical (unpaired) electrons. The van der Waals surface area contributed by atoms with E-state index < -0.39 is 11.7 Å². The molecule has 0 unspecified atom stereocenters. The summed E-state index contributed by atoms with van der Waals surface area (Å²) in [4.78, 5) is 26.9. The lowest BCUT2D eigenvalue weighted by Crippen LogP contribution is -2.38. The molecule has 9 heteroatoms. The van der Waals surface area contributed by atoms with Crippen LogP contribution in [0.15, 0.2) is 40.9 Å². The number of rotatable bonds is 5. The van der Waals surface area contributed by atoms with Gasteiger partial charge in [-0.1, -0.05) is 17.3 Å². The molecule has 31 heavy (non-hydrogen) atoms. The van der Waals surface area contributed by atoms with Gasteiger partial charge in [0.05, 0.1) is 5.69 Å². The van der Waals surface area contributed by atoms with Crippen molar-refractivity contribution in [2.75, 3.05) is 18.4 Å². The zero-order valence-electron chi connectivity index (χ0n) is 16.8. The normalized spacial score (nSPS) is 17.0. The van der Waals surface area contributed by atoms with Crippen molar-refractivity contribution < 1.29 is 18.5 Å². The number of H-pyrrole nitrogens is 1. The fourth-order valence-corrected chi connectivity index (χ4v) is 3.92. The molecule has 3 heterocycles. The number of nitrogens with zero attached hydrogens (tertiary/aromatic N) is 3. The minimum Gasteiger partial charge on any atom is -0.360 e. The summed E-state index contributed by atoms with van der Waals surface area (Å²) in [6.45, 7) is 1.18. The van der Waals surface area contributed by atoms with Gasteiger partial charge in [-0.3, -0.25) is 14.7 Å². The zero-order valence-corrected chi connectivity index (χ0v) is 16.8. The topological polar surface area (TPSA) is 104 Å². The Balaban J connectivity index is 1.18. The number of halogens is 1. The van der Waals surface area contributed by atoms with Crippen molar-refractivity contribution in [1.29, 1.82) is 0 Å². The van der Waals surface area contributed by atoms with Gasteiger partial charge in [0.1, 0.15) is 11.6 Å². The first kappa shape index (κ1) is 19.5. The molecular weight excluding hydrogens is 401 g/mol. The van der Waals surface area contributed by atoms with Crippen molar-refractivity contribution in [1.82, 2.24) is 20.3 Å². The SMILES string of the molecule is O=C(Nc1ccccc1F)c1cc(C2CCN(C(=O)c3cc(C4CC4)on3)CC2)[nH]n1. The molecule has 5 rings (SSSR count). The Hall–Kier alpha value is -3.49. The fraction of sp³-hybridized carbons (Fsp3) is 0.364. The lowest BCUT2D eigenvalue weighted by Gasteiger charge is -2.30. The first-order valence-electron chi connectivity index (χ1n) is 10.5. The van der Waals surface area contributed by atoms with Gasteiger partial charge in [-0.05, 0) is 43.9 Å². The Morgan fingerprint density at radius 2 is 1.84 bits per heavy atom. The summed E-state index contributed by atoms with van der Waals surface area (Å²) in [5.74, 6) is 0.300. The second-order valence-corrected chi connectivity index (χ2v) is 8.10. The van der Waals surface area contributed by atoms with Crippen LogP contribution in [0.1, 0.15) is 70.0 Å². The number of hydrogen-bond donors (Lipinski definition) is 2. The van der Waals surface area contributed by atoms with Crippen LogP contribution in [0, 0.1) is 5.82 Å². The van der Waals surface area contributed by atoms with Crippen molar-refractivity contribution in [3.63, 3.8) is 0 Å². The Bertz CT molecular complexity index is 1110. The van der Waals surface area contributed by atoms with Crippen LogP contribution in [0.25, 0.3) is 0 Å². The van der Waals surface area contributed by atoms with E-state index >= 15 is 0 Å². The summed E-state index contributed by atoms with van der Waals surface area (Å²) in [6, 6.07) is 9.45. The predicted octanol–water partition coefficient (Wildman–Crippen LogP) is 3.69.